The molecule has 0 saturated carbocycles. The Balaban J connectivity index is 2.55. The van der Waals surface area contributed by atoms with Crippen LogP contribution in [0.15, 0.2) is 22.7 Å². The number of benzene rings is 1. The smallest absolute Gasteiger partial charge is 0.237 e. The molecular weight excluding hydrogens is 312 g/mol. The van der Waals surface area contributed by atoms with Gasteiger partial charge in [0, 0.05) is 13.5 Å². The van der Waals surface area contributed by atoms with Crippen molar-refractivity contribution in [1.82, 2.24) is 4.90 Å². The molecule has 1 aromatic carbocycles. The third-order valence-electron chi connectivity index (χ3n) is 2.66. The summed E-state index contributed by atoms with van der Waals surface area (Å²) >= 11 is 3.39. The first-order valence-corrected chi connectivity index (χ1v) is 6.58. The van der Waals surface area contributed by atoms with Crippen molar-refractivity contribution in [1.29, 1.82) is 0 Å². The second-order valence-corrected chi connectivity index (χ2v) is 5.04. The lowest BCUT2D eigenvalue weighted by Gasteiger charge is -2.15. The van der Waals surface area contributed by atoms with Crippen molar-refractivity contribution in [2.45, 2.75) is 12.8 Å². The highest BCUT2D eigenvalue weighted by molar-refractivity contribution is 9.10. The summed E-state index contributed by atoms with van der Waals surface area (Å²) in [4.78, 5) is 23.8. The van der Waals surface area contributed by atoms with Gasteiger partial charge in [-0.3, -0.25) is 9.59 Å². The minimum absolute atomic E-state index is 0.0505. The van der Waals surface area contributed by atoms with E-state index in [1.807, 2.05) is 18.2 Å². The minimum atomic E-state index is -0.511. The van der Waals surface area contributed by atoms with E-state index in [2.05, 4.69) is 15.9 Å². The van der Waals surface area contributed by atoms with Crippen LogP contribution in [-0.4, -0.2) is 37.4 Å². The zero-order valence-corrected chi connectivity index (χ0v) is 12.6. The number of carbonyl (C=O) groups is 2. The Morgan fingerprint density at radius 2 is 2.11 bits per heavy atom. The van der Waals surface area contributed by atoms with Gasteiger partial charge in [-0.05, 0) is 40.0 Å². The molecular formula is C13H17BrN2O3. The summed E-state index contributed by atoms with van der Waals surface area (Å²) in [5.74, 6) is 0.134. The van der Waals surface area contributed by atoms with Gasteiger partial charge in [-0.2, -0.15) is 0 Å². The summed E-state index contributed by atoms with van der Waals surface area (Å²) in [5, 5.41) is 0. The molecule has 1 aromatic rings. The number of nitrogens with zero attached hydrogens (tertiary/aromatic N) is 1. The number of amides is 2. The Hall–Kier alpha value is -1.56. The largest absolute Gasteiger partial charge is 0.496 e. The first kappa shape index (κ1) is 15.5. The number of hydrogen-bond acceptors (Lipinski definition) is 3. The fourth-order valence-electron chi connectivity index (χ4n) is 1.63. The van der Waals surface area contributed by atoms with E-state index >= 15 is 0 Å². The topological polar surface area (TPSA) is 72.6 Å². The Morgan fingerprint density at radius 1 is 1.42 bits per heavy atom. The maximum absolute atomic E-state index is 11.7. The molecule has 1 rings (SSSR count). The van der Waals surface area contributed by atoms with E-state index in [9.17, 15) is 9.59 Å². The third kappa shape index (κ3) is 4.90. The van der Waals surface area contributed by atoms with E-state index in [-0.39, 0.29) is 12.5 Å². The monoisotopic (exact) mass is 328 g/mol. The molecule has 0 spiro atoms. The second-order valence-electron chi connectivity index (χ2n) is 4.19. The van der Waals surface area contributed by atoms with Crippen LogP contribution < -0.4 is 10.5 Å². The molecule has 0 bridgehead atoms. The van der Waals surface area contributed by atoms with Gasteiger partial charge in [0.15, 0.2) is 0 Å². The van der Waals surface area contributed by atoms with Crippen molar-refractivity contribution in [2.75, 3.05) is 20.7 Å². The van der Waals surface area contributed by atoms with E-state index < -0.39 is 5.91 Å². The van der Waals surface area contributed by atoms with Gasteiger partial charge in [0.25, 0.3) is 0 Å². The molecule has 0 radical (unpaired) electrons. The van der Waals surface area contributed by atoms with Gasteiger partial charge in [0.2, 0.25) is 11.8 Å². The summed E-state index contributed by atoms with van der Waals surface area (Å²) in [6, 6.07) is 5.67. The number of nitrogens with two attached hydrogens (primary N) is 1. The lowest BCUT2D eigenvalue weighted by Crippen LogP contribution is -2.35. The minimum Gasteiger partial charge on any atom is -0.496 e. The number of rotatable bonds is 6. The molecule has 19 heavy (non-hydrogen) atoms. The molecule has 0 aliphatic heterocycles. The Labute approximate surface area is 120 Å². The summed E-state index contributed by atoms with van der Waals surface area (Å²) in [6.07, 6.45) is 0.938. The fraction of sp³-hybridized carbons (Fsp3) is 0.385. The highest BCUT2D eigenvalue weighted by Crippen LogP contribution is 2.25. The lowest BCUT2D eigenvalue weighted by atomic mass is 10.1. The van der Waals surface area contributed by atoms with Gasteiger partial charge in [-0.25, -0.2) is 0 Å². The van der Waals surface area contributed by atoms with Crippen LogP contribution in [0, 0.1) is 0 Å². The molecule has 0 aliphatic carbocycles. The maximum Gasteiger partial charge on any atom is 0.237 e. The molecule has 2 amide bonds. The van der Waals surface area contributed by atoms with Gasteiger partial charge in [-0.15, -0.1) is 0 Å². The zero-order chi connectivity index (χ0) is 14.4. The van der Waals surface area contributed by atoms with Crippen LogP contribution in [0.2, 0.25) is 0 Å². The summed E-state index contributed by atoms with van der Waals surface area (Å²) in [7, 11) is 3.17. The summed E-state index contributed by atoms with van der Waals surface area (Å²) in [6.45, 7) is -0.0505. The van der Waals surface area contributed by atoms with Crippen molar-refractivity contribution < 1.29 is 14.3 Å². The van der Waals surface area contributed by atoms with Gasteiger partial charge in [0.05, 0.1) is 18.1 Å². The van der Waals surface area contributed by atoms with E-state index in [4.69, 9.17) is 10.5 Å². The average Bonchev–Trinajstić information content (AvgIpc) is 2.35. The fourth-order valence-corrected chi connectivity index (χ4v) is 2.22. The van der Waals surface area contributed by atoms with E-state index in [0.717, 1.165) is 15.8 Å². The highest BCUT2D eigenvalue weighted by atomic mass is 79.9. The van der Waals surface area contributed by atoms with Crippen LogP contribution in [0.1, 0.15) is 12.0 Å². The van der Waals surface area contributed by atoms with E-state index in [1.165, 1.54) is 4.90 Å². The molecule has 104 valence electrons. The lowest BCUT2D eigenvalue weighted by molar-refractivity contribution is -0.133. The van der Waals surface area contributed by atoms with Crippen LogP contribution in [0.5, 0.6) is 5.75 Å². The summed E-state index contributed by atoms with van der Waals surface area (Å²) < 4.78 is 5.99. The molecule has 2 N–H and O–H groups in total. The SMILES string of the molecule is COc1ccc(CCC(=O)N(C)CC(N)=O)cc1Br. The van der Waals surface area contributed by atoms with Gasteiger partial charge in [-0.1, -0.05) is 6.07 Å². The Morgan fingerprint density at radius 3 is 2.63 bits per heavy atom. The van der Waals surface area contributed by atoms with Crippen molar-refractivity contribution in [3.63, 3.8) is 0 Å². The first-order valence-electron chi connectivity index (χ1n) is 5.78. The number of primary amides is 1. The predicted octanol–water partition coefficient (Wildman–Crippen LogP) is 1.33. The Kier molecular flexibility index (Phi) is 5.82. The molecule has 0 aliphatic rings. The molecule has 6 heteroatoms. The third-order valence-corrected chi connectivity index (χ3v) is 3.28. The van der Waals surface area contributed by atoms with Crippen LogP contribution >= 0.6 is 15.9 Å². The average molecular weight is 329 g/mol. The Bertz CT molecular complexity index is 477. The number of hydrogen-bond donors (Lipinski definition) is 1. The molecule has 0 fully saturated rings. The number of carbonyl (C=O) groups excluding carboxylic acids is 2. The number of likely N-dealkylation sites (N-methyl/N-ethyl adjacent to an activating group) is 1. The summed E-state index contributed by atoms with van der Waals surface area (Å²) in [5.41, 5.74) is 6.06. The number of aryl methyl sites for hydroxylation is 1. The number of methoxy groups -OCH3 is 1. The van der Waals surface area contributed by atoms with Crippen LogP contribution in [0.25, 0.3) is 0 Å². The van der Waals surface area contributed by atoms with Crippen molar-refractivity contribution in [3.8, 4) is 5.75 Å². The molecule has 0 atom stereocenters. The normalized spacial score (nSPS) is 10.1. The molecule has 5 nitrogen and oxygen atoms in total. The van der Waals surface area contributed by atoms with Crippen molar-refractivity contribution >= 4 is 27.7 Å². The number of ether oxygens (including phenoxy) is 1. The van der Waals surface area contributed by atoms with Gasteiger partial charge < -0.3 is 15.4 Å². The molecule has 0 aromatic heterocycles. The van der Waals surface area contributed by atoms with E-state index in [1.54, 1.807) is 14.2 Å². The molecule has 0 heterocycles. The molecule has 0 saturated heterocycles. The van der Waals surface area contributed by atoms with Crippen LogP contribution in [0.3, 0.4) is 0 Å². The van der Waals surface area contributed by atoms with Crippen LogP contribution in [-0.2, 0) is 16.0 Å². The quantitative estimate of drug-likeness (QED) is 0.856. The number of halogens is 1. The maximum atomic E-state index is 11.7. The predicted molar refractivity (Wildman–Crippen MR) is 75.8 cm³/mol. The van der Waals surface area contributed by atoms with Crippen molar-refractivity contribution in [2.24, 2.45) is 5.73 Å². The second kappa shape index (κ2) is 7.13. The highest BCUT2D eigenvalue weighted by Gasteiger charge is 2.11. The first-order chi connectivity index (χ1) is 8.93. The van der Waals surface area contributed by atoms with Crippen LogP contribution in [0.4, 0.5) is 0 Å². The zero-order valence-electron chi connectivity index (χ0n) is 11.0. The van der Waals surface area contributed by atoms with Crippen molar-refractivity contribution in [3.05, 3.63) is 28.2 Å². The van der Waals surface area contributed by atoms with Gasteiger partial charge in [0.1, 0.15) is 5.75 Å². The van der Waals surface area contributed by atoms with Gasteiger partial charge >= 0.3 is 0 Å². The standard InChI is InChI=1S/C13H17BrN2O3/c1-16(8-12(15)17)13(18)6-4-9-3-5-11(19-2)10(14)7-9/h3,5,7H,4,6,8H2,1-2H3,(H2,15,17). The van der Waals surface area contributed by atoms with E-state index in [0.29, 0.717) is 12.8 Å². The molecule has 0 unspecified atom stereocenters.